The Morgan fingerprint density at radius 2 is 2.16 bits per heavy atom. The van der Waals surface area contributed by atoms with Crippen molar-refractivity contribution in [3.05, 3.63) is 56.7 Å². The average molecular weight is 292 g/mol. The third-order valence-corrected chi connectivity index (χ3v) is 4.95. The fourth-order valence-corrected chi connectivity index (χ4v) is 3.72. The number of fused-ring (bicyclic) bond motifs is 1. The molecule has 0 aliphatic carbocycles. The number of nitrogens with zero attached hydrogens (tertiary/aromatic N) is 1. The second kappa shape index (κ2) is 5.45. The van der Waals surface area contributed by atoms with E-state index in [2.05, 4.69) is 16.3 Å². The third kappa shape index (κ3) is 2.46. The number of benzene rings is 1. The molecule has 0 unspecified atom stereocenters. The van der Waals surface area contributed by atoms with Crippen LogP contribution in [0.5, 0.6) is 0 Å². The third-order valence-electron chi connectivity index (χ3n) is 3.58. The van der Waals surface area contributed by atoms with Gasteiger partial charge in [0.05, 0.1) is 6.04 Å². The molecule has 2 nitrogen and oxygen atoms in total. The van der Waals surface area contributed by atoms with Gasteiger partial charge in [0, 0.05) is 23.0 Å². The SMILES string of the molecule is O=C[C@H](c1ccccc1Cl)N1CCc2sccc2C1. The van der Waals surface area contributed by atoms with Crippen molar-refractivity contribution in [2.24, 2.45) is 0 Å². The quantitative estimate of drug-likeness (QED) is 0.804. The predicted octanol–water partition coefficient (Wildman–Crippen LogP) is 3.70. The van der Waals surface area contributed by atoms with E-state index in [1.807, 2.05) is 24.3 Å². The monoisotopic (exact) mass is 291 g/mol. The van der Waals surface area contributed by atoms with Crippen LogP contribution in [-0.4, -0.2) is 17.7 Å². The molecule has 3 rings (SSSR count). The molecule has 2 heterocycles. The lowest BCUT2D eigenvalue weighted by molar-refractivity contribution is -0.113. The van der Waals surface area contributed by atoms with Crippen LogP contribution in [0, 0.1) is 0 Å². The maximum absolute atomic E-state index is 11.5. The molecule has 2 aromatic rings. The highest BCUT2D eigenvalue weighted by molar-refractivity contribution is 7.10. The summed E-state index contributed by atoms with van der Waals surface area (Å²) >= 11 is 8.02. The molecule has 1 aliphatic heterocycles. The van der Waals surface area contributed by atoms with Gasteiger partial charge in [0.1, 0.15) is 6.29 Å². The highest BCUT2D eigenvalue weighted by Crippen LogP contribution is 2.32. The van der Waals surface area contributed by atoms with E-state index in [0.717, 1.165) is 31.4 Å². The number of thiophene rings is 1. The van der Waals surface area contributed by atoms with Gasteiger partial charge in [-0.25, -0.2) is 0 Å². The van der Waals surface area contributed by atoms with Crippen molar-refractivity contribution in [3.63, 3.8) is 0 Å². The molecule has 0 saturated carbocycles. The van der Waals surface area contributed by atoms with E-state index >= 15 is 0 Å². The zero-order valence-corrected chi connectivity index (χ0v) is 12.0. The molecular weight excluding hydrogens is 278 g/mol. The summed E-state index contributed by atoms with van der Waals surface area (Å²) < 4.78 is 0. The molecule has 0 saturated heterocycles. The Bertz CT molecular complexity index is 595. The molecule has 1 aromatic carbocycles. The largest absolute Gasteiger partial charge is 0.301 e. The molecule has 0 bridgehead atoms. The Morgan fingerprint density at radius 1 is 1.32 bits per heavy atom. The summed E-state index contributed by atoms with van der Waals surface area (Å²) in [5.74, 6) is 0. The standard InChI is InChI=1S/C15H14ClNOS/c16-13-4-2-1-3-12(13)14(10-18)17-7-5-15-11(9-17)6-8-19-15/h1-4,6,8,10,14H,5,7,9H2/t14-/m1/s1. The minimum Gasteiger partial charge on any atom is -0.301 e. The van der Waals surface area contributed by atoms with Crippen LogP contribution in [0.15, 0.2) is 35.7 Å². The van der Waals surface area contributed by atoms with Crippen molar-refractivity contribution in [3.8, 4) is 0 Å². The first-order valence-electron chi connectivity index (χ1n) is 6.28. The maximum atomic E-state index is 11.5. The van der Waals surface area contributed by atoms with E-state index in [1.165, 1.54) is 10.4 Å². The zero-order valence-electron chi connectivity index (χ0n) is 10.4. The predicted molar refractivity (Wildman–Crippen MR) is 78.7 cm³/mol. The highest BCUT2D eigenvalue weighted by Gasteiger charge is 2.26. The smallest absolute Gasteiger partial charge is 0.141 e. The lowest BCUT2D eigenvalue weighted by atomic mass is 10.0. The summed E-state index contributed by atoms with van der Waals surface area (Å²) in [4.78, 5) is 15.2. The van der Waals surface area contributed by atoms with Gasteiger partial charge in [-0.3, -0.25) is 4.90 Å². The van der Waals surface area contributed by atoms with Crippen molar-refractivity contribution in [1.82, 2.24) is 4.90 Å². The summed E-state index contributed by atoms with van der Waals surface area (Å²) in [7, 11) is 0. The van der Waals surface area contributed by atoms with Crippen molar-refractivity contribution >= 4 is 29.2 Å². The number of hydrogen-bond acceptors (Lipinski definition) is 3. The minimum absolute atomic E-state index is 0.248. The number of aldehydes is 1. The molecular formula is C15H14ClNOS. The fraction of sp³-hybridized carbons (Fsp3) is 0.267. The number of hydrogen-bond donors (Lipinski definition) is 0. The summed E-state index contributed by atoms with van der Waals surface area (Å²) in [6, 6.07) is 9.50. The Labute approximate surface area is 121 Å². The van der Waals surface area contributed by atoms with Crippen LogP contribution in [0.25, 0.3) is 0 Å². The fourth-order valence-electron chi connectivity index (χ4n) is 2.58. The first-order valence-corrected chi connectivity index (χ1v) is 7.54. The van der Waals surface area contributed by atoms with Crippen LogP contribution >= 0.6 is 22.9 Å². The Kier molecular flexibility index (Phi) is 3.69. The van der Waals surface area contributed by atoms with Gasteiger partial charge >= 0.3 is 0 Å². The summed E-state index contributed by atoms with van der Waals surface area (Å²) in [6.07, 6.45) is 2.01. The second-order valence-electron chi connectivity index (χ2n) is 4.69. The lowest BCUT2D eigenvalue weighted by Crippen LogP contribution is -2.34. The molecule has 4 heteroatoms. The van der Waals surface area contributed by atoms with Crippen molar-refractivity contribution in [2.75, 3.05) is 6.54 Å². The summed E-state index contributed by atoms with van der Waals surface area (Å²) in [6.45, 7) is 1.73. The van der Waals surface area contributed by atoms with Gasteiger partial charge in [-0.15, -0.1) is 11.3 Å². The van der Waals surface area contributed by atoms with Crippen LogP contribution in [0.1, 0.15) is 22.0 Å². The minimum atomic E-state index is -0.248. The van der Waals surface area contributed by atoms with E-state index in [-0.39, 0.29) is 6.04 Å². The maximum Gasteiger partial charge on any atom is 0.141 e. The van der Waals surface area contributed by atoms with Crippen LogP contribution in [0.3, 0.4) is 0 Å². The molecule has 19 heavy (non-hydrogen) atoms. The number of carbonyl (C=O) groups is 1. The molecule has 1 aromatic heterocycles. The molecule has 0 fully saturated rings. The number of carbonyl (C=O) groups excluding carboxylic acids is 1. The zero-order chi connectivity index (χ0) is 13.2. The van der Waals surface area contributed by atoms with E-state index in [9.17, 15) is 4.79 Å². The van der Waals surface area contributed by atoms with E-state index in [0.29, 0.717) is 5.02 Å². The van der Waals surface area contributed by atoms with Crippen LogP contribution in [-0.2, 0) is 17.8 Å². The summed E-state index contributed by atoms with van der Waals surface area (Å²) in [5.41, 5.74) is 2.24. The van der Waals surface area contributed by atoms with Gasteiger partial charge in [-0.1, -0.05) is 29.8 Å². The molecule has 1 atom stereocenters. The van der Waals surface area contributed by atoms with Crippen LogP contribution in [0.4, 0.5) is 0 Å². The first-order chi connectivity index (χ1) is 9.29. The van der Waals surface area contributed by atoms with Gasteiger partial charge in [0.2, 0.25) is 0 Å². The molecule has 98 valence electrons. The second-order valence-corrected chi connectivity index (χ2v) is 6.10. The molecule has 0 spiro atoms. The number of halogens is 1. The van der Waals surface area contributed by atoms with Crippen LogP contribution in [0.2, 0.25) is 5.02 Å². The van der Waals surface area contributed by atoms with E-state index in [4.69, 9.17) is 11.6 Å². The van der Waals surface area contributed by atoms with Crippen molar-refractivity contribution < 1.29 is 4.79 Å². The van der Waals surface area contributed by atoms with Crippen molar-refractivity contribution in [1.29, 1.82) is 0 Å². The molecule has 1 aliphatic rings. The highest BCUT2D eigenvalue weighted by atomic mass is 35.5. The summed E-state index contributed by atoms with van der Waals surface area (Å²) in [5, 5.41) is 2.79. The topological polar surface area (TPSA) is 20.3 Å². The van der Waals surface area contributed by atoms with Crippen LogP contribution < -0.4 is 0 Å². The van der Waals surface area contributed by atoms with Gasteiger partial charge in [-0.05, 0) is 35.1 Å². The van der Waals surface area contributed by atoms with Gasteiger partial charge in [0.15, 0.2) is 0 Å². The van der Waals surface area contributed by atoms with Gasteiger partial charge < -0.3 is 4.79 Å². The first kappa shape index (κ1) is 12.9. The Hall–Kier alpha value is -1.16. The van der Waals surface area contributed by atoms with E-state index in [1.54, 1.807) is 11.3 Å². The van der Waals surface area contributed by atoms with Gasteiger partial charge in [0.25, 0.3) is 0 Å². The van der Waals surface area contributed by atoms with E-state index < -0.39 is 0 Å². The van der Waals surface area contributed by atoms with Crippen molar-refractivity contribution in [2.45, 2.75) is 19.0 Å². The molecule has 0 N–H and O–H groups in total. The normalized spacial score (nSPS) is 16.9. The molecule has 0 amide bonds. The lowest BCUT2D eigenvalue weighted by Gasteiger charge is -2.32. The Balaban J connectivity index is 1.89. The Morgan fingerprint density at radius 3 is 2.95 bits per heavy atom. The number of rotatable bonds is 3. The average Bonchev–Trinajstić information content (AvgIpc) is 2.89. The van der Waals surface area contributed by atoms with Gasteiger partial charge in [-0.2, -0.15) is 0 Å². The molecule has 0 radical (unpaired) electrons.